The third-order valence-corrected chi connectivity index (χ3v) is 3.34. The van der Waals surface area contributed by atoms with Gasteiger partial charge in [0.15, 0.2) is 11.5 Å². The van der Waals surface area contributed by atoms with Gasteiger partial charge in [0.05, 0.1) is 13.3 Å². The molecule has 1 heterocycles. The van der Waals surface area contributed by atoms with Crippen LogP contribution in [0.3, 0.4) is 0 Å². The van der Waals surface area contributed by atoms with Gasteiger partial charge in [-0.15, -0.1) is 0 Å². The van der Waals surface area contributed by atoms with E-state index in [4.69, 9.17) is 17.0 Å². The number of hydrogen-bond donors (Lipinski definition) is 2. The minimum absolute atomic E-state index is 0.0586. The summed E-state index contributed by atoms with van der Waals surface area (Å²) in [6.45, 7) is 1.54. The molecular formula is C12H11BrN4O3S. The fourth-order valence-corrected chi connectivity index (χ4v) is 2.18. The van der Waals surface area contributed by atoms with E-state index < -0.39 is 5.56 Å². The highest BCUT2D eigenvalue weighted by atomic mass is 79.9. The number of phenols is 1. The van der Waals surface area contributed by atoms with Crippen molar-refractivity contribution in [2.24, 2.45) is 5.10 Å². The molecule has 0 amide bonds. The molecule has 0 unspecified atom stereocenters. The minimum Gasteiger partial charge on any atom is -0.504 e. The number of aryl methyl sites for hydroxylation is 1. The van der Waals surface area contributed by atoms with E-state index in [1.165, 1.54) is 13.3 Å². The van der Waals surface area contributed by atoms with Crippen molar-refractivity contribution in [3.63, 3.8) is 0 Å². The first kappa shape index (κ1) is 15.4. The van der Waals surface area contributed by atoms with Gasteiger partial charge in [-0.3, -0.25) is 9.89 Å². The van der Waals surface area contributed by atoms with Crippen molar-refractivity contribution < 1.29 is 9.84 Å². The van der Waals surface area contributed by atoms with Gasteiger partial charge < -0.3 is 9.84 Å². The number of rotatable bonds is 3. The van der Waals surface area contributed by atoms with Crippen LogP contribution in [-0.2, 0) is 0 Å². The van der Waals surface area contributed by atoms with Crippen LogP contribution in [0, 0.1) is 11.7 Å². The average Bonchev–Trinajstić information content (AvgIpc) is 2.46. The van der Waals surface area contributed by atoms with Crippen molar-refractivity contribution >= 4 is 34.4 Å². The highest BCUT2D eigenvalue weighted by molar-refractivity contribution is 9.10. The summed E-state index contributed by atoms with van der Waals surface area (Å²) >= 11 is 8.25. The molecule has 21 heavy (non-hydrogen) atoms. The lowest BCUT2D eigenvalue weighted by atomic mass is 10.2. The Morgan fingerprint density at radius 1 is 1.57 bits per heavy atom. The van der Waals surface area contributed by atoms with Crippen LogP contribution in [0.5, 0.6) is 11.5 Å². The lowest BCUT2D eigenvalue weighted by Crippen LogP contribution is -2.22. The van der Waals surface area contributed by atoms with E-state index in [-0.39, 0.29) is 22.0 Å². The molecule has 2 rings (SSSR count). The van der Waals surface area contributed by atoms with Gasteiger partial charge >= 0.3 is 0 Å². The number of phenolic OH excluding ortho intramolecular Hbond substituents is 1. The number of aromatic hydroxyl groups is 1. The van der Waals surface area contributed by atoms with E-state index in [9.17, 15) is 9.90 Å². The van der Waals surface area contributed by atoms with Crippen molar-refractivity contribution in [2.45, 2.75) is 6.92 Å². The summed E-state index contributed by atoms with van der Waals surface area (Å²) in [6.07, 6.45) is 1.31. The van der Waals surface area contributed by atoms with Crippen molar-refractivity contribution in [2.75, 3.05) is 7.11 Å². The molecule has 2 N–H and O–H groups in total. The number of aromatic amines is 1. The van der Waals surface area contributed by atoms with E-state index in [0.717, 1.165) is 4.68 Å². The Morgan fingerprint density at radius 2 is 2.29 bits per heavy atom. The Balaban J connectivity index is 2.53. The lowest BCUT2D eigenvalue weighted by Gasteiger charge is -2.06. The maximum atomic E-state index is 11.9. The van der Waals surface area contributed by atoms with E-state index in [2.05, 4.69) is 31.2 Å². The van der Waals surface area contributed by atoms with Gasteiger partial charge in [0.2, 0.25) is 4.77 Å². The van der Waals surface area contributed by atoms with E-state index in [1.54, 1.807) is 19.1 Å². The van der Waals surface area contributed by atoms with Crippen LogP contribution in [0.25, 0.3) is 0 Å². The summed E-state index contributed by atoms with van der Waals surface area (Å²) in [5.41, 5.74) is 0.172. The Hall–Kier alpha value is -2.00. The van der Waals surface area contributed by atoms with Crippen LogP contribution in [0.15, 0.2) is 26.5 Å². The maximum Gasteiger partial charge on any atom is 0.296 e. The van der Waals surface area contributed by atoms with Crippen LogP contribution in [0.2, 0.25) is 0 Å². The van der Waals surface area contributed by atoms with Gasteiger partial charge in [0.25, 0.3) is 5.56 Å². The first-order valence-electron chi connectivity index (χ1n) is 5.73. The van der Waals surface area contributed by atoms with Gasteiger partial charge in [-0.2, -0.15) is 14.9 Å². The van der Waals surface area contributed by atoms with Gasteiger partial charge in [0, 0.05) is 10.0 Å². The molecule has 9 heteroatoms. The van der Waals surface area contributed by atoms with Crippen LogP contribution in [0.1, 0.15) is 11.3 Å². The molecule has 7 nitrogen and oxygen atoms in total. The fraction of sp³-hybridized carbons (Fsp3) is 0.167. The Morgan fingerprint density at radius 3 is 2.95 bits per heavy atom. The van der Waals surface area contributed by atoms with Crippen molar-refractivity contribution in [1.29, 1.82) is 0 Å². The topological polar surface area (TPSA) is 92.5 Å². The molecule has 0 aliphatic rings. The molecule has 0 saturated carbocycles. The molecule has 2 aromatic rings. The smallest absolute Gasteiger partial charge is 0.296 e. The largest absolute Gasteiger partial charge is 0.504 e. The van der Waals surface area contributed by atoms with Crippen molar-refractivity contribution in [3.05, 3.63) is 43.0 Å². The van der Waals surface area contributed by atoms with Crippen LogP contribution < -0.4 is 10.3 Å². The first-order chi connectivity index (χ1) is 9.93. The first-order valence-corrected chi connectivity index (χ1v) is 6.93. The average molecular weight is 371 g/mol. The number of benzene rings is 1. The Labute approximate surface area is 133 Å². The Bertz CT molecular complexity index is 828. The SMILES string of the molecule is COc1cc(Br)cc(/C=N/n2c(=S)[nH]nc(C)c2=O)c1O. The molecule has 1 aromatic carbocycles. The molecule has 0 radical (unpaired) electrons. The number of H-pyrrole nitrogens is 1. The van der Waals surface area contributed by atoms with E-state index in [1.807, 2.05) is 0 Å². The molecule has 0 bridgehead atoms. The molecule has 0 atom stereocenters. The zero-order valence-corrected chi connectivity index (χ0v) is 13.5. The summed E-state index contributed by atoms with van der Waals surface area (Å²) in [5.74, 6) is 0.201. The highest BCUT2D eigenvalue weighted by Gasteiger charge is 2.08. The molecular weight excluding hydrogens is 360 g/mol. The van der Waals surface area contributed by atoms with Crippen LogP contribution in [0.4, 0.5) is 0 Å². The van der Waals surface area contributed by atoms with Crippen molar-refractivity contribution in [3.8, 4) is 11.5 Å². The Kier molecular flexibility index (Phi) is 4.53. The standard InChI is InChI=1S/C12H11BrN4O3S/c1-6-11(19)17(12(21)16-15-6)14-5-7-3-8(13)4-9(20-2)10(7)18/h3-5,18H,1-2H3,(H,16,21)/b14-5+. The van der Waals surface area contributed by atoms with Gasteiger partial charge in [-0.05, 0) is 31.3 Å². The number of nitrogens with zero attached hydrogens (tertiary/aromatic N) is 3. The maximum absolute atomic E-state index is 11.9. The zero-order chi connectivity index (χ0) is 15.6. The monoisotopic (exact) mass is 370 g/mol. The number of methoxy groups -OCH3 is 1. The minimum atomic E-state index is -0.434. The summed E-state index contributed by atoms with van der Waals surface area (Å²) in [7, 11) is 1.44. The van der Waals surface area contributed by atoms with E-state index >= 15 is 0 Å². The molecule has 0 aliphatic heterocycles. The van der Waals surface area contributed by atoms with Gasteiger partial charge in [-0.25, -0.2) is 0 Å². The lowest BCUT2D eigenvalue weighted by molar-refractivity contribution is 0.373. The molecule has 110 valence electrons. The molecule has 0 aliphatic carbocycles. The van der Waals surface area contributed by atoms with Crippen LogP contribution >= 0.6 is 28.1 Å². The van der Waals surface area contributed by atoms with Crippen LogP contribution in [-0.4, -0.2) is 33.3 Å². The second kappa shape index (κ2) is 6.19. The predicted octanol–water partition coefficient (Wildman–Crippen LogP) is 1.97. The number of ether oxygens (including phenoxy) is 1. The highest BCUT2D eigenvalue weighted by Crippen LogP contribution is 2.32. The quantitative estimate of drug-likeness (QED) is 0.636. The number of hydrogen-bond acceptors (Lipinski definition) is 6. The van der Waals surface area contributed by atoms with Gasteiger partial charge in [-0.1, -0.05) is 15.9 Å². The summed E-state index contributed by atoms with van der Waals surface area (Å²) < 4.78 is 6.78. The van der Waals surface area contributed by atoms with Crippen molar-refractivity contribution in [1.82, 2.24) is 14.9 Å². The fourth-order valence-electron chi connectivity index (χ4n) is 1.55. The van der Waals surface area contributed by atoms with E-state index in [0.29, 0.717) is 10.0 Å². The number of halogens is 1. The normalized spacial score (nSPS) is 11.0. The van der Waals surface area contributed by atoms with Gasteiger partial charge in [0.1, 0.15) is 5.69 Å². The molecule has 0 saturated heterocycles. The summed E-state index contributed by atoms with van der Waals surface area (Å²) in [5, 5.41) is 20.2. The zero-order valence-electron chi connectivity index (χ0n) is 11.1. The molecule has 0 fully saturated rings. The second-order valence-electron chi connectivity index (χ2n) is 4.02. The third-order valence-electron chi connectivity index (χ3n) is 2.61. The summed E-state index contributed by atoms with van der Waals surface area (Å²) in [6, 6.07) is 3.24. The molecule has 0 spiro atoms. The predicted molar refractivity (Wildman–Crippen MR) is 83.8 cm³/mol. The second-order valence-corrected chi connectivity index (χ2v) is 5.32. The summed E-state index contributed by atoms with van der Waals surface area (Å²) in [4.78, 5) is 11.9. The number of nitrogens with one attached hydrogen (secondary N) is 1. The molecule has 1 aromatic heterocycles. The number of aromatic nitrogens is 3. The third kappa shape index (κ3) is 3.19.